The van der Waals surface area contributed by atoms with Crippen LogP contribution < -0.4 is 4.74 Å². The predicted molar refractivity (Wildman–Crippen MR) is 51.5 cm³/mol. The van der Waals surface area contributed by atoms with E-state index in [2.05, 4.69) is 0 Å². The first kappa shape index (κ1) is 8.32. The number of rotatable bonds is 2. The molecule has 0 fully saturated rings. The molecular formula is C11H12O2. The van der Waals surface area contributed by atoms with Crippen LogP contribution in [0.15, 0.2) is 30.3 Å². The van der Waals surface area contributed by atoms with Crippen LogP contribution in [0.2, 0.25) is 0 Å². The summed E-state index contributed by atoms with van der Waals surface area (Å²) in [4.78, 5) is 0. The van der Waals surface area contributed by atoms with Crippen molar-refractivity contribution in [2.24, 2.45) is 0 Å². The van der Waals surface area contributed by atoms with Gasteiger partial charge in [-0.2, -0.15) is 0 Å². The van der Waals surface area contributed by atoms with Crippen LogP contribution in [0, 0.1) is 0 Å². The van der Waals surface area contributed by atoms with Gasteiger partial charge in [0.1, 0.15) is 5.75 Å². The summed E-state index contributed by atoms with van der Waals surface area (Å²) >= 11 is 0. The van der Waals surface area contributed by atoms with Crippen LogP contribution in [0.25, 0.3) is 6.08 Å². The summed E-state index contributed by atoms with van der Waals surface area (Å²) in [5.74, 6) is 0.892. The molecule has 1 atom stereocenters. The lowest BCUT2D eigenvalue weighted by molar-refractivity contribution is -0.0414. The summed E-state index contributed by atoms with van der Waals surface area (Å²) in [6.07, 6.45) is 3.73. The normalized spacial score (nSPS) is 19.3. The largest absolute Gasteiger partial charge is 0.461 e. The lowest BCUT2D eigenvalue weighted by Gasteiger charge is -2.20. The number of hydrogen-bond donors (Lipinski definition) is 0. The molecule has 1 aliphatic rings. The zero-order valence-corrected chi connectivity index (χ0v) is 7.57. The van der Waals surface area contributed by atoms with Crippen LogP contribution in [0.4, 0.5) is 0 Å². The van der Waals surface area contributed by atoms with Gasteiger partial charge in [0, 0.05) is 12.2 Å². The van der Waals surface area contributed by atoms with Crippen molar-refractivity contribution in [3.05, 3.63) is 35.9 Å². The monoisotopic (exact) mass is 176 g/mol. The Balaban J connectivity index is 2.19. The molecule has 1 heterocycles. The van der Waals surface area contributed by atoms with Crippen LogP contribution in [-0.4, -0.2) is 12.9 Å². The molecule has 1 aliphatic heterocycles. The van der Waals surface area contributed by atoms with E-state index in [-0.39, 0.29) is 6.29 Å². The predicted octanol–water partition coefficient (Wildman–Crippen LogP) is 2.45. The van der Waals surface area contributed by atoms with Crippen molar-refractivity contribution in [3.63, 3.8) is 0 Å². The molecule has 0 saturated carbocycles. The Labute approximate surface area is 77.8 Å². The van der Waals surface area contributed by atoms with E-state index in [9.17, 15) is 0 Å². The van der Waals surface area contributed by atoms with Gasteiger partial charge in [0.05, 0.1) is 0 Å². The van der Waals surface area contributed by atoms with Crippen molar-refractivity contribution < 1.29 is 9.47 Å². The average molecular weight is 176 g/mol. The molecule has 0 bridgehead atoms. The van der Waals surface area contributed by atoms with E-state index in [1.54, 1.807) is 0 Å². The standard InChI is InChI=1S/C11H12O2/c1-2-12-11-8-7-9-5-3-4-6-10(9)13-11/h3-8,11H,2H2,1H3/t11-/m0/s1. The van der Waals surface area contributed by atoms with Crippen LogP contribution in [0.5, 0.6) is 5.75 Å². The average Bonchev–Trinajstić information content (AvgIpc) is 2.18. The van der Waals surface area contributed by atoms with E-state index < -0.39 is 0 Å². The smallest absolute Gasteiger partial charge is 0.220 e. The highest BCUT2D eigenvalue weighted by Crippen LogP contribution is 2.25. The van der Waals surface area contributed by atoms with Crippen molar-refractivity contribution in [2.45, 2.75) is 13.2 Å². The van der Waals surface area contributed by atoms with E-state index in [0.717, 1.165) is 11.3 Å². The van der Waals surface area contributed by atoms with Gasteiger partial charge in [-0.25, -0.2) is 0 Å². The molecule has 0 amide bonds. The van der Waals surface area contributed by atoms with Crippen molar-refractivity contribution in [3.8, 4) is 5.75 Å². The minimum atomic E-state index is -0.222. The van der Waals surface area contributed by atoms with Gasteiger partial charge in [-0.3, -0.25) is 0 Å². The number of para-hydroxylation sites is 1. The Morgan fingerprint density at radius 1 is 1.38 bits per heavy atom. The van der Waals surface area contributed by atoms with Gasteiger partial charge in [-0.05, 0) is 25.1 Å². The summed E-state index contributed by atoms with van der Waals surface area (Å²) < 4.78 is 10.9. The first-order valence-electron chi connectivity index (χ1n) is 4.45. The van der Waals surface area contributed by atoms with E-state index in [0.29, 0.717) is 6.61 Å². The Bertz CT molecular complexity index is 318. The van der Waals surface area contributed by atoms with Gasteiger partial charge in [-0.15, -0.1) is 0 Å². The van der Waals surface area contributed by atoms with Crippen LogP contribution in [0.3, 0.4) is 0 Å². The topological polar surface area (TPSA) is 18.5 Å². The summed E-state index contributed by atoms with van der Waals surface area (Å²) in [5, 5.41) is 0. The third-order valence-electron chi connectivity index (χ3n) is 1.93. The van der Waals surface area contributed by atoms with Crippen molar-refractivity contribution in [1.82, 2.24) is 0 Å². The molecule has 0 radical (unpaired) electrons. The van der Waals surface area contributed by atoms with Gasteiger partial charge in [0.2, 0.25) is 6.29 Å². The highest BCUT2D eigenvalue weighted by atomic mass is 16.7. The van der Waals surface area contributed by atoms with Crippen molar-refractivity contribution in [2.75, 3.05) is 6.61 Å². The fraction of sp³-hybridized carbons (Fsp3) is 0.273. The molecule has 1 aromatic carbocycles. The Hall–Kier alpha value is -1.28. The van der Waals surface area contributed by atoms with Gasteiger partial charge in [-0.1, -0.05) is 18.2 Å². The molecule has 0 saturated heterocycles. The van der Waals surface area contributed by atoms with E-state index in [1.165, 1.54) is 0 Å². The zero-order chi connectivity index (χ0) is 9.10. The molecule has 68 valence electrons. The summed E-state index contributed by atoms with van der Waals surface area (Å²) in [7, 11) is 0. The van der Waals surface area contributed by atoms with Crippen LogP contribution >= 0.6 is 0 Å². The Kier molecular flexibility index (Phi) is 2.32. The number of benzene rings is 1. The molecule has 0 N–H and O–H groups in total. The highest BCUT2D eigenvalue weighted by molar-refractivity contribution is 5.59. The quantitative estimate of drug-likeness (QED) is 0.689. The maximum atomic E-state index is 5.56. The zero-order valence-electron chi connectivity index (χ0n) is 7.57. The summed E-state index contributed by atoms with van der Waals surface area (Å²) in [5.41, 5.74) is 1.11. The lowest BCUT2D eigenvalue weighted by atomic mass is 10.1. The van der Waals surface area contributed by atoms with Gasteiger partial charge in [0.25, 0.3) is 0 Å². The second-order valence-corrected chi connectivity index (χ2v) is 2.84. The van der Waals surface area contributed by atoms with Gasteiger partial charge < -0.3 is 9.47 Å². The summed E-state index contributed by atoms with van der Waals surface area (Å²) in [6.45, 7) is 2.62. The SMILES string of the molecule is CCO[C@@H]1C=Cc2ccccc2O1. The molecular weight excluding hydrogens is 164 g/mol. The number of hydrogen-bond acceptors (Lipinski definition) is 2. The maximum Gasteiger partial charge on any atom is 0.220 e. The lowest BCUT2D eigenvalue weighted by Crippen LogP contribution is -2.20. The molecule has 13 heavy (non-hydrogen) atoms. The van der Waals surface area contributed by atoms with Crippen LogP contribution in [0.1, 0.15) is 12.5 Å². The molecule has 0 aliphatic carbocycles. The minimum absolute atomic E-state index is 0.222. The Morgan fingerprint density at radius 2 is 2.23 bits per heavy atom. The van der Waals surface area contributed by atoms with Crippen molar-refractivity contribution in [1.29, 1.82) is 0 Å². The molecule has 0 spiro atoms. The Morgan fingerprint density at radius 3 is 3.08 bits per heavy atom. The van der Waals surface area contributed by atoms with Crippen molar-refractivity contribution >= 4 is 6.08 Å². The number of fused-ring (bicyclic) bond motifs is 1. The fourth-order valence-corrected chi connectivity index (χ4v) is 1.33. The molecule has 2 rings (SSSR count). The molecule has 0 unspecified atom stereocenters. The second kappa shape index (κ2) is 3.62. The number of ether oxygens (including phenoxy) is 2. The molecule has 0 aromatic heterocycles. The van der Waals surface area contributed by atoms with E-state index in [4.69, 9.17) is 9.47 Å². The maximum absolute atomic E-state index is 5.56. The van der Waals surface area contributed by atoms with Crippen LogP contribution in [-0.2, 0) is 4.74 Å². The third-order valence-corrected chi connectivity index (χ3v) is 1.93. The highest BCUT2D eigenvalue weighted by Gasteiger charge is 2.12. The van der Waals surface area contributed by atoms with E-state index >= 15 is 0 Å². The minimum Gasteiger partial charge on any atom is -0.461 e. The molecule has 2 nitrogen and oxygen atoms in total. The first-order chi connectivity index (χ1) is 6.40. The molecule has 2 heteroatoms. The van der Waals surface area contributed by atoms with Gasteiger partial charge in [0.15, 0.2) is 0 Å². The molecule has 1 aromatic rings. The second-order valence-electron chi connectivity index (χ2n) is 2.84. The third kappa shape index (κ3) is 1.73. The van der Waals surface area contributed by atoms with Gasteiger partial charge >= 0.3 is 0 Å². The fourth-order valence-electron chi connectivity index (χ4n) is 1.33. The summed E-state index contributed by atoms with van der Waals surface area (Å²) in [6, 6.07) is 7.92. The van der Waals surface area contributed by atoms with E-state index in [1.807, 2.05) is 43.3 Å². The first-order valence-corrected chi connectivity index (χ1v) is 4.45.